The number of carbonyl (C=O) groups excluding carboxylic acids is 1. The zero-order valence-electron chi connectivity index (χ0n) is 11.7. The maximum absolute atomic E-state index is 12.2. The summed E-state index contributed by atoms with van der Waals surface area (Å²) in [5.74, 6) is -0.225. The van der Waals surface area contributed by atoms with Crippen molar-refractivity contribution < 1.29 is 13.2 Å². The van der Waals surface area contributed by atoms with Gasteiger partial charge in [0.2, 0.25) is 20.9 Å². The van der Waals surface area contributed by atoms with Crippen molar-refractivity contribution in [2.24, 2.45) is 5.92 Å². The fraction of sp³-hybridized carbons (Fsp3) is 0.667. The van der Waals surface area contributed by atoms with E-state index in [1.165, 1.54) is 13.1 Å². The highest BCUT2D eigenvalue weighted by atomic mass is 32.2. The van der Waals surface area contributed by atoms with E-state index in [0.717, 1.165) is 5.69 Å². The number of sulfone groups is 1. The number of nitrogens with one attached hydrogen (secondary N) is 2. The summed E-state index contributed by atoms with van der Waals surface area (Å²) in [4.78, 5) is 18.4. The molecular formula is C12H21N3O3S. The van der Waals surface area contributed by atoms with Crippen LogP contribution < -0.4 is 5.32 Å². The van der Waals surface area contributed by atoms with Crippen molar-refractivity contribution in [2.75, 3.05) is 6.54 Å². The minimum atomic E-state index is -3.75. The van der Waals surface area contributed by atoms with Crippen LogP contribution in [0.4, 0.5) is 0 Å². The third-order valence-corrected chi connectivity index (χ3v) is 4.67. The largest absolute Gasteiger partial charge is 0.355 e. The van der Waals surface area contributed by atoms with Crippen LogP contribution in [0.5, 0.6) is 0 Å². The fourth-order valence-electron chi connectivity index (χ4n) is 1.42. The first-order valence-corrected chi connectivity index (χ1v) is 7.89. The lowest BCUT2D eigenvalue weighted by Gasteiger charge is -2.13. The predicted molar refractivity (Wildman–Crippen MR) is 72.5 cm³/mol. The van der Waals surface area contributed by atoms with Crippen LogP contribution in [0.2, 0.25) is 0 Å². The van der Waals surface area contributed by atoms with Gasteiger partial charge in [0.1, 0.15) is 5.25 Å². The molecule has 0 aliphatic rings. The Hall–Kier alpha value is -1.37. The standard InChI is InChI=1S/C12H21N3O3S/c1-5-10-7-14-12(15-10)19(17,18)9(4)11(16)13-6-8(2)3/h7-9H,5-6H2,1-4H3,(H,13,16)(H,14,15). The second kappa shape index (κ2) is 6.18. The van der Waals surface area contributed by atoms with Crippen LogP contribution in [0.25, 0.3) is 0 Å². The molecule has 0 aliphatic carbocycles. The number of rotatable bonds is 6. The average molecular weight is 287 g/mol. The van der Waals surface area contributed by atoms with Gasteiger partial charge in [0, 0.05) is 18.4 Å². The number of nitrogens with zero attached hydrogens (tertiary/aromatic N) is 1. The van der Waals surface area contributed by atoms with Gasteiger partial charge in [0.05, 0.1) is 0 Å². The lowest BCUT2D eigenvalue weighted by molar-refractivity contribution is -0.120. The third kappa shape index (κ3) is 3.79. The Labute approximate surface area is 113 Å². The molecule has 108 valence electrons. The summed E-state index contributed by atoms with van der Waals surface area (Å²) in [5.41, 5.74) is 0.730. The first-order valence-electron chi connectivity index (χ1n) is 6.34. The Balaban J connectivity index is 2.84. The van der Waals surface area contributed by atoms with Crippen LogP contribution in [-0.2, 0) is 21.1 Å². The molecule has 0 spiro atoms. The van der Waals surface area contributed by atoms with E-state index in [2.05, 4.69) is 15.3 Å². The molecule has 1 unspecified atom stereocenters. The quantitative estimate of drug-likeness (QED) is 0.813. The number of imidazole rings is 1. The van der Waals surface area contributed by atoms with Gasteiger partial charge in [-0.3, -0.25) is 4.79 Å². The van der Waals surface area contributed by atoms with E-state index in [1.807, 2.05) is 20.8 Å². The number of amides is 1. The van der Waals surface area contributed by atoms with Crippen molar-refractivity contribution in [3.8, 4) is 0 Å². The smallest absolute Gasteiger partial charge is 0.238 e. The molecule has 0 bridgehead atoms. The van der Waals surface area contributed by atoms with E-state index in [-0.39, 0.29) is 11.1 Å². The van der Waals surface area contributed by atoms with Crippen LogP contribution in [0.1, 0.15) is 33.4 Å². The zero-order chi connectivity index (χ0) is 14.6. The molecule has 0 aliphatic heterocycles. The molecule has 1 aromatic heterocycles. The SMILES string of the molecule is CCc1cnc(S(=O)(=O)C(C)C(=O)NCC(C)C)[nH]1. The molecule has 6 nitrogen and oxygen atoms in total. The summed E-state index contributed by atoms with van der Waals surface area (Å²) in [5, 5.41) is 1.33. The average Bonchev–Trinajstić information content (AvgIpc) is 2.84. The van der Waals surface area contributed by atoms with Gasteiger partial charge in [0.15, 0.2) is 0 Å². The van der Waals surface area contributed by atoms with Gasteiger partial charge in [-0.25, -0.2) is 13.4 Å². The van der Waals surface area contributed by atoms with Gasteiger partial charge in [-0.2, -0.15) is 0 Å². The van der Waals surface area contributed by atoms with Gasteiger partial charge < -0.3 is 10.3 Å². The summed E-state index contributed by atoms with van der Waals surface area (Å²) in [6.07, 6.45) is 2.14. The molecule has 0 saturated carbocycles. The van der Waals surface area contributed by atoms with E-state index in [9.17, 15) is 13.2 Å². The molecule has 2 N–H and O–H groups in total. The molecule has 1 heterocycles. The Bertz CT molecular complexity index is 534. The van der Waals surface area contributed by atoms with E-state index in [1.54, 1.807) is 0 Å². The molecule has 0 aromatic carbocycles. The molecule has 0 saturated heterocycles. The van der Waals surface area contributed by atoms with E-state index < -0.39 is 21.0 Å². The lowest BCUT2D eigenvalue weighted by atomic mass is 10.2. The minimum absolute atomic E-state index is 0.142. The summed E-state index contributed by atoms with van der Waals surface area (Å²) in [6.45, 7) is 7.61. The van der Waals surface area contributed by atoms with Crippen LogP contribution in [0, 0.1) is 5.92 Å². The monoisotopic (exact) mass is 287 g/mol. The zero-order valence-corrected chi connectivity index (χ0v) is 12.5. The number of aryl methyl sites for hydroxylation is 1. The van der Waals surface area contributed by atoms with Crippen molar-refractivity contribution in [1.29, 1.82) is 0 Å². The molecular weight excluding hydrogens is 266 g/mol. The van der Waals surface area contributed by atoms with Crippen molar-refractivity contribution in [3.05, 3.63) is 11.9 Å². The van der Waals surface area contributed by atoms with Gasteiger partial charge >= 0.3 is 0 Å². The second-order valence-electron chi connectivity index (χ2n) is 4.89. The van der Waals surface area contributed by atoms with Crippen molar-refractivity contribution >= 4 is 15.7 Å². The van der Waals surface area contributed by atoms with Gasteiger partial charge in [-0.15, -0.1) is 0 Å². The highest BCUT2D eigenvalue weighted by Gasteiger charge is 2.32. The number of hydrogen-bond donors (Lipinski definition) is 2. The molecule has 1 rings (SSSR count). The molecule has 19 heavy (non-hydrogen) atoms. The topological polar surface area (TPSA) is 91.9 Å². The van der Waals surface area contributed by atoms with Crippen LogP contribution in [0.3, 0.4) is 0 Å². The molecule has 1 atom stereocenters. The maximum atomic E-state index is 12.2. The second-order valence-corrected chi connectivity index (χ2v) is 7.08. The molecule has 0 fully saturated rings. The van der Waals surface area contributed by atoms with Gasteiger partial charge in [0.25, 0.3) is 0 Å². The fourth-order valence-corrected chi connectivity index (χ4v) is 2.59. The van der Waals surface area contributed by atoms with Crippen molar-refractivity contribution in [3.63, 3.8) is 0 Å². The number of carbonyl (C=O) groups is 1. The van der Waals surface area contributed by atoms with Gasteiger partial charge in [-0.1, -0.05) is 20.8 Å². The highest BCUT2D eigenvalue weighted by Crippen LogP contribution is 2.13. The molecule has 1 amide bonds. The van der Waals surface area contributed by atoms with Crippen molar-refractivity contribution in [1.82, 2.24) is 15.3 Å². The van der Waals surface area contributed by atoms with E-state index in [4.69, 9.17) is 0 Å². The highest BCUT2D eigenvalue weighted by molar-refractivity contribution is 7.92. The summed E-state index contributed by atoms with van der Waals surface area (Å²) in [6, 6.07) is 0. The summed E-state index contributed by atoms with van der Waals surface area (Å²) < 4.78 is 24.4. The number of aromatic nitrogens is 2. The lowest BCUT2D eigenvalue weighted by Crippen LogP contribution is -2.39. The molecule has 7 heteroatoms. The third-order valence-electron chi connectivity index (χ3n) is 2.77. The van der Waals surface area contributed by atoms with Crippen LogP contribution in [0.15, 0.2) is 11.4 Å². The number of aromatic amines is 1. The first-order chi connectivity index (χ1) is 8.78. The summed E-state index contributed by atoms with van der Waals surface area (Å²) >= 11 is 0. The van der Waals surface area contributed by atoms with Gasteiger partial charge in [-0.05, 0) is 19.3 Å². The molecule has 1 aromatic rings. The Morgan fingerprint density at radius 2 is 2.05 bits per heavy atom. The number of hydrogen-bond acceptors (Lipinski definition) is 4. The predicted octanol–water partition coefficient (Wildman–Crippen LogP) is 0.906. The Morgan fingerprint density at radius 1 is 1.42 bits per heavy atom. The maximum Gasteiger partial charge on any atom is 0.238 e. The first kappa shape index (κ1) is 15.7. The van der Waals surface area contributed by atoms with E-state index >= 15 is 0 Å². The minimum Gasteiger partial charge on any atom is -0.355 e. The van der Waals surface area contributed by atoms with Crippen LogP contribution >= 0.6 is 0 Å². The number of H-pyrrole nitrogens is 1. The summed E-state index contributed by atoms with van der Waals surface area (Å²) in [7, 11) is -3.75. The van der Waals surface area contributed by atoms with Crippen LogP contribution in [-0.4, -0.2) is 36.1 Å². The Kier molecular flexibility index (Phi) is 5.11. The van der Waals surface area contributed by atoms with Crippen molar-refractivity contribution in [2.45, 2.75) is 44.5 Å². The van der Waals surface area contributed by atoms with E-state index in [0.29, 0.717) is 13.0 Å². The normalized spacial score (nSPS) is 13.5. The molecule has 0 radical (unpaired) electrons. The Morgan fingerprint density at radius 3 is 2.53 bits per heavy atom.